The lowest BCUT2D eigenvalue weighted by Crippen LogP contribution is -2.05. The average Bonchev–Trinajstić information content (AvgIpc) is 2.14. The lowest BCUT2D eigenvalue weighted by Gasteiger charge is -2.02. The van der Waals surface area contributed by atoms with Gasteiger partial charge in [0.1, 0.15) is 0 Å². The van der Waals surface area contributed by atoms with Crippen LogP contribution in [0.1, 0.15) is 12.1 Å². The smallest absolute Gasteiger partial charge is 0.358 e. The standard InChI is InChI=1S/C6H2Cl2F2N2O4S/c7-2-1-3(17(8,15)16)6(12(13)14)11-4(2)5(9)10/h1,5H. The molecule has 0 aliphatic carbocycles. The zero-order valence-corrected chi connectivity index (χ0v) is 9.93. The van der Waals surface area contributed by atoms with Gasteiger partial charge < -0.3 is 10.1 Å². The SMILES string of the molecule is O=[N+]([O-])c1nc(C(F)F)c(Cl)cc1S(=O)(=O)Cl. The highest BCUT2D eigenvalue weighted by Crippen LogP contribution is 2.33. The molecule has 1 aromatic rings. The Morgan fingerprint density at radius 2 is 2.00 bits per heavy atom. The van der Waals surface area contributed by atoms with Crippen LogP contribution in [0.2, 0.25) is 5.02 Å². The summed E-state index contributed by atoms with van der Waals surface area (Å²) in [6.07, 6.45) is -3.17. The van der Waals surface area contributed by atoms with Gasteiger partial charge in [0.25, 0.3) is 9.05 Å². The van der Waals surface area contributed by atoms with E-state index in [0.29, 0.717) is 6.07 Å². The topological polar surface area (TPSA) is 90.2 Å². The van der Waals surface area contributed by atoms with Crippen LogP contribution < -0.4 is 0 Å². The molecular weight excluding hydrogens is 305 g/mol. The maximum atomic E-state index is 12.3. The molecule has 0 unspecified atom stereocenters. The van der Waals surface area contributed by atoms with Gasteiger partial charge in [-0.25, -0.2) is 17.2 Å². The highest BCUT2D eigenvalue weighted by Gasteiger charge is 2.32. The van der Waals surface area contributed by atoms with Gasteiger partial charge in [-0.3, -0.25) is 0 Å². The van der Waals surface area contributed by atoms with Crippen molar-refractivity contribution >= 4 is 37.2 Å². The Morgan fingerprint density at radius 3 is 2.35 bits per heavy atom. The summed E-state index contributed by atoms with van der Waals surface area (Å²) in [5, 5.41) is 9.77. The van der Waals surface area contributed by atoms with Crippen molar-refractivity contribution in [2.45, 2.75) is 11.3 Å². The van der Waals surface area contributed by atoms with Gasteiger partial charge in [-0.05, 0) is 16.0 Å². The zero-order chi connectivity index (χ0) is 13.4. The molecule has 1 rings (SSSR count). The Bertz CT molecular complexity index is 578. The molecule has 0 spiro atoms. The van der Waals surface area contributed by atoms with Gasteiger partial charge in [-0.2, -0.15) is 0 Å². The number of nitrogens with zero attached hydrogens (tertiary/aromatic N) is 2. The van der Waals surface area contributed by atoms with Crippen LogP contribution in [-0.2, 0) is 9.05 Å². The monoisotopic (exact) mass is 306 g/mol. The molecule has 0 aromatic carbocycles. The fourth-order valence-electron chi connectivity index (χ4n) is 0.939. The summed E-state index contributed by atoms with van der Waals surface area (Å²) in [4.78, 5) is 11.1. The second-order valence-electron chi connectivity index (χ2n) is 2.67. The lowest BCUT2D eigenvalue weighted by atomic mass is 10.3. The van der Waals surface area contributed by atoms with Crippen LogP contribution in [-0.4, -0.2) is 18.3 Å². The van der Waals surface area contributed by atoms with Gasteiger partial charge in [0, 0.05) is 10.7 Å². The Morgan fingerprint density at radius 1 is 1.47 bits per heavy atom. The number of alkyl halides is 2. The number of halogens is 4. The Labute approximate surface area is 103 Å². The van der Waals surface area contributed by atoms with E-state index in [1.807, 2.05) is 0 Å². The maximum absolute atomic E-state index is 12.3. The molecule has 94 valence electrons. The van der Waals surface area contributed by atoms with Crippen LogP contribution >= 0.6 is 22.3 Å². The van der Waals surface area contributed by atoms with E-state index >= 15 is 0 Å². The third kappa shape index (κ3) is 2.99. The van der Waals surface area contributed by atoms with E-state index in [4.69, 9.17) is 22.3 Å². The largest absolute Gasteiger partial charge is 0.384 e. The predicted octanol–water partition coefficient (Wildman–Crippen LogP) is 2.51. The summed E-state index contributed by atoms with van der Waals surface area (Å²) in [6, 6.07) is 0.469. The van der Waals surface area contributed by atoms with Crippen molar-refractivity contribution in [1.29, 1.82) is 0 Å². The van der Waals surface area contributed by atoms with Gasteiger partial charge in [0.2, 0.25) is 5.69 Å². The number of rotatable bonds is 3. The van der Waals surface area contributed by atoms with Crippen molar-refractivity contribution in [2.24, 2.45) is 0 Å². The van der Waals surface area contributed by atoms with Crippen molar-refractivity contribution in [2.75, 3.05) is 0 Å². The van der Waals surface area contributed by atoms with E-state index in [2.05, 4.69) is 4.98 Å². The first-order valence-electron chi connectivity index (χ1n) is 3.72. The van der Waals surface area contributed by atoms with Crippen LogP contribution in [0, 0.1) is 10.1 Å². The highest BCUT2D eigenvalue weighted by atomic mass is 35.7. The third-order valence-corrected chi connectivity index (χ3v) is 3.22. The van der Waals surface area contributed by atoms with Crippen molar-refractivity contribution in [3.63, 3.8) is 0 Å². The molecule has 0 bridgehead atoms. The molecule has 1 aromatic heterocycles. The van der Waals surface area contributed by atoms with Gasteiger partial charge in [0.05, 0.1) is 5.02 Å². The summed E-state index contributed by atoms with van der Waals surface area (Å²) >= 11 is 5.32. The summed E-state index contributed by atoms with van der Waals surface area (Å²) in [5.41, 5.74) is -1.08. The second kappa shape index (κ2) is 4.67. The third-order valence-electron chi connectivity index (χ3n) is 1.59. The van der Waals surface area contributed by atoms with Gasteiger partial charge in [0.15, 0.2) is 4.90 Å². The van der Waals surface area contributed by atoms with Crippen molar-refractivity contribution < 1.29 is 22.1 Å². The number of nitro groups is 1. The predicted molar refractivity (Wildman–Crippen MR) is 53.9 cm³/mol. The van der Waals surface area contributed by atoms with Crippen molar-refractivity contribution in [3.8, 4) is 0 Å². The Balaban J connectivity index is 3.65. The molecule has 0 radical (unpaired) electrons. The van der Waals surface area contributed by atoms with Gasteiger partial charge >= 0.3 is 12.2 Å². The minimum atomic E-state index is -4.50. The summed E-state index contributed by atoms with van der Waals surface area (Å²) in [7, 11) is 0.389. The molecule has 0 aliphatic rings. The Hall–Kier alpha value is -1.06. The lowest BCUT2D eigenvalue weighted by molar-refractivity contribution is -0.392. The van der Waals surface area contributed by atoms with Gasteiger partial charge in [-0.15, -0.1) is 0 Å². The molecule has 0 aliphatic heterocycles. The van der Waals surface area contributed by atoms with Crippen LogP contribution in [0.25, 0.3) is 0 Å². The molecule has 0 atom stereocenters. The minimum absolute atomic E-state index is 0.469. The molecule has 1 heterocycles. The number of pyridine rings is 1. The maximum Gasteiger partial charge on any atom is 0.384 e. The first-order valence-corrected chi connectivity index (χ1v) is 6.41. The molecule has 11 heteroatoms. The molecule has 17 heavy (non-hydrogen) atoms. The first-order chi connectivity index (χ1) is 7.64. The van der Waals surface area contributed by atoms with Crippen molar-refractivity contribution in [3.05, 3.63) is 26.9 Å². The number of aromatic nitrogens is 1. The van der Waals surface area contributed by atoms with E-state index in [-0.39, 0.29) is 0 Å². The normalized spacial score (nSPS) is 11.8. The molecule has 0 amide bonds. The van der Waals surface area contributed by atoms with Gasteiger partial charge in [-0.1, -0.05) is 11.6 Å². The number of hydrogen-bond donors (Lipinski definition) is 0. The van der Waals surface area contributed by atoms with E-state index < -0.39 is 41.8 Å². The van der Waals surface area contributed by atoms with Crippen LogP contribution in [0.4, 0.5) is 14.6 Å². The summed E-state index contributed by atoms with van der Waals surface area (Å²) in [5.74, 6) is -1.29. The van der Waals surface area contributed by atoms with Crippen molar-refractivity contribution in [1.82, 2.24) is 4.98 Å². The summed E-state index contributed by atoms with van der Waals surface area (Å²) in [6.45, 7) is 0. The van der Waals surface area contributed by atoms with E-state index in [1.165, 1.54) is 0 Å². The molecule has 0 fully saturated rings. The minimum Gasteiger partial charge on any atom is -0.358 e. The molecule has 0 saturated carbocycles. The second-order valence-corrected chi connectivity index (χ2v) is 5.61. The highest BCUT2D eigenvalue weighted by molar-refractivity contribution is 8.13. The molecule has 0 N–H and O–H groups in total. The zero-order valence-electron chi connectivity index (χ0n) is 7.60. The van der Waals surface area contributed by atoms with E-state index in [0.717, 1.165) is 0 Å². The molecular formula is C6H2Cl2F2N2O4S. The van der Waals surface area contributed by atoms with Crippen LogP contribution in [0.15, 0.2) is 11.0 Å². The Kier molecular flexibility index (Phi) is 3.84. The molecule has 0 saturated heterocycles. The first kappa shape index (κ1) is 14.0. The average molecular weight is 307 g/mol. The van der Waals surface area contributed by atoms with Crippen LogP contribution in [0.5, 0.6) is 0 Å². The fraction of sp³-hybridized carbons (Fsp3) is 0.167. The fourth-order valence-corrected chi connectivity index (χ4v) is 2.18. The number of hydrogen-bond acceptors (Lipinski definition) is 5. The quantitative estimate of drug-likeness (QED) is 0.486. The van der Waals surface area contributed by atoms with E-state index in [1.54, 1.807) is 0 Å². The molecule has 6 nitrogen and oxygen atoms in total. The summed E-state index contributed by atoms with van der Waals surface area (Å²) < 4.78 is 46.6. The van der Waals surface area contributed by atoms with E-state index in [9.17, 15) is 27.3 Å². The van der Waals surface area contributed by atoms with Crippen LogP contribution in [0.3, 0.4) is 0 Å².